The Kier molecular flexibility index (Phi) is 12.1. The van der Waals surface area contributed by atoms with Crippen molar-refractivity contribution in [1.29, 1.82) is 0 Å². The molecule has 1 saturated carbocycles. The van der Waals surface area contributed by atoms with Crippen LogP contribution in [0.25, 0.3) is 0 Å². The minimum Gasteiger partial charge on any atom is -0.396 e. The van der Waals surface area contributed by atoms with Gasteiger partial charge in [0.1, 0.15) is 0 Å². The number of tetrazole rings is 1. The number of hydrogen-bond acceptors (Lipinski definition) is 6. The molecule has 1 aliphatic carbocycles. The fourth-order valence-electron chi connectivity index (χ4n) is 5.92. The molecule has 2 aromatic carbocycles. The number of hydrogen-bond donors (Lipinski definition) is 1. The van der Waals surface area contributed by atoms with Gasteiger partial charge in [0, 0.05) is 38.5 Å². The van der Waals surface area contributed by atoms with E-state index in [1.807, 2.05) is 4.90 Å². The molecule has 1 aliphatic rings. The van der Waals surface area contributed by atoms with E-state index in [-0.39, 0.29) is 66.2 Å². The van der Waals surface area contributed by atoms with Gasteiger partial charge in [-0.15, -0.1) is 17.5 Å². The third-order valence-electron chi connectivity index (χ3n) is 8.32. The molecule has 1 N–H and O–H groups in total. The zero-order valence-corrected chi connectivity index (χ0v) is 26.7. The number of halogens is 10. The van der Waals surface area contributed by atoms with E-state index in [9.17, 15) is 44.6 Å². The van der Waals surface area contributed by atoms with Gasteiger partial charge in [-0.3, -0.25) is 0 Å². The molecular weight excluding hydrogens is 667 g/mol. The highest BCUT2D eigenvalue weighted by atomic mass is 35.5. The second-order valence-electron chi connectivity index (χ2n) is 11.8. The maximum absolute atomic E-state index is 14.1. The average Bonchev–Trinajstić information content (AvgIpc) is 3.40. The van der Waals surface area contributed by atoms with Gasteiger partial charge in [0.2, 0.25) is 0 Å². The van der Waals surface area contributed by atoms with Crippen molar-refractivity contribution >= 4 is 24.0 Å². The fourth-order valence-corrected chi connectivity index (χ4v) is 5.92. The Morgan fingerprint density at radius 2 is 1.38 bits per heavy atom. The van der Waals surface area contributed by atoms with E-state index >= 15 is 0 Å². The summed E-state index contributed by atoms with van der Waals surface area (Å²) in [5, 5.41) is 21.2. The van der Waals surface area contributed by atoms with Crippen molar-refractivity contribution < 1.29 is 44.6 Å². The predicted molar refractivity (Wildman–Crippen MR) is 159 cm³/mol. The quantitative estimate of drug-likeness (QED) is 0.217. The molecule has 7 nitrogen and oxygen atoms in total. The number of rotatable bonds is 10. The van der Waals surface area contributed by atoms with Crippen molar-refractivity contribution in [2.45, 2.75) is 71.1 Å². The van der Waals surface area contributed by atoms with Gasteiger partial charge in [-0.1, -0.05) is 11.2 Å². The van der Waals surface area contributed by atoms with Gasteiger partial charge in [-0.2, -0.15) is 44.3 Å². The van der Waals surface area contributed by atoms with Crippen LogP contribution in [0.15, 0.2) is 30.3 Å². The van der Waals surface area contributed by atoms with Gasteiger partial charge >= 0.3 is 18.5 Å². The first-order valence-corrected chi connectivity index (χ1v) is 14.7. The van der Waals surface area contributed by atoms with Crippen LogP contribution in [-0.4, -0.2) is 45.0 Å². The van der Waals surface area contributed by atoms with Crippen LogP contribution >= 0.6 is 12.4 Å². The standard InChI is InChI=1S/C30H35F9N6O.ClH/c1-4-44(14-19-5-7-20(17-46)8-6-19)26-13-25(30(37,38)39)18(2)9-22(26)16-45(27-40-42-43(3)41-27)15-21-10-23(28(31,32)33)12-24(11-21)29(34,35)36;/h9-13,19-20,46H,4-8,14-17H2,1-3H3;1H. The lowest BCUT2D eigenvalue weighted by Crippen LogP contribution is -2.34. The number of anilines is 2. The average molecular weight is 703 g/mol. The number of alkyl halides is 9. The molecule has 0 atom stereocenters. The largest absolute Gasteiger partial charge is 0.416 e. The number of aryl methyl sites for hydroxylation is 2. The Morgan fingerprint density at radius 1 is 0.809 bits per heavy atom. The zero-order chi connectivity index (χ0) is 34.0. The first-order valence-electron chi connectivity index (χ1n) is 14.7. The van der Waals surface area contributed by atoms with Gasteiger partial charge in [-0.05, 0) is 97.5 Å². The number of aromatic nitrogens is 4. The minimum atomic E-state index is -5.07. The molecule has 0 unspecified atom stereocenters. The van der Waals surface area contributed by atoms with Crippen LogP contribution in [0.4, 0.5) is 51.1 Å². The summed E-state index contributed by atoms with van der Waals surface area (Å²) in [6.45, 7) is 3.13. The first-order chi connectivity index (χ1) is 21.4. The molecule has 0 aliphatic heterocycles. The van der Waals surface area contributed by atoms with Crippen LogP contribution < -0.4 is 9.80 Å². The van der Waals surface area contributed by atoms with Crippen molar-refractivity contribution in [2.75, 3.05) is 29.5 Å². The molecule has 0 spiro atoms. The van der Waals surface area contributed by atoms with Crippen LogP contribution in [0.2, 0.25) is 0 Å². The van der Waals surface area contributed by atoms with E-state index < -0.39 is 41.8 Å². The van der Waals surface area contributed by atoms with E-state index in [0.29, 0.717) is 30.8 Å². The summed E-state index contributed by atoms with van der Waals surface area (Å²) in [5.74, 6) is 0.192. The molecule has 0 amide bonds. The molecule has 1 heterocycles. The van der Waals surface area contributed by atoms with Crippen molar-refractivity contribution in [1.82, 2.24) is 20.2 Å². The molecule has 47 heavy (non-hydrogen) atoms. The number of benzene rings is 2. The molecule has 0 radical (unpaired) electrons. The lowest BCUT2D eigenvalue weighted by Gasteiger charge is -2.35. The molecule has 1 aromatic heterocycles. The van der Waals surface area contributed by atoms with Crippen molar-refractivity contribution in [3.63, 3.8) is 0 Å². The highest BCUT2D eigenvalue weighted by Crippen LogP contribution is 2.40. The summed E-state index contributed by atoms with van der Waals surface area (Å²) >= 11 is 0. The van der Waals surface area contributed by atoms with E-state index in [1.165, 1.54) is 24.9 Å². The summed E-state index contributed by atoms with van der Waals surface area (Å²) in [6.07, 6.45) is -11.7. The summed E-state index contributed by atoms with van der Waals surface area (Å²) in [5.41, 5.74) is -3.72. The summed E-state index contributed by atoms with van der Waals surface area (Å²) in [6, 6.07) is 3.60. The maximum atomic E-state index is 14.1. The van der Waals surface area contributed by atoms with Crippen molar-refractivity contribution in [3.05, 3.63) is 63.7 Å². The summed E-state index contributed by atoms with van der Waals surface area (Å²) in [7, 11) is 1.42. The lowest BCUT2D eigenvalue weighted by atomic mass is 9.82. The van der Waals surface area contributed by atoms with Gasteiger partial charge in [0.15, 0.2) is 0 Å². The van der Waals surface area contributed by atoms with E-state index in [0.717, 1.165) is 36.5 Å². The molecule has 0 bridgehead atoms. The zero-order valence-electron chi connectivity index (χ0n) is 25.8. The van der Waals surface area contributed by atoms with Crippen LogP contribution in [-0.2, 0) is 38.7 Å². The van der Waals surface area contributed by atoms with E-state index in [1.54, 1.807) is 6.92 Å². The maximum Gasteiger partial charge on any atom is 0.416 e. The monoisotopic (exact) mass is 702 g/mol. The summed E-state index contributed by atoms with van der Waals surface area (Å²) < 4.78 is 124. The molecule has 4 rings (SSSR count). The Balaban J connectivity index is 0.00000600. The smallest absolute Gasteiger partial charge is 0.396 e. The van der Waals surface area contributed by atoms with Crippen molar-refractivity contribution in [2.24, 2.45) is 18.9 Å². The predicted octanol–water partition coefficient (Wildman–Crippen LogP) is 7.83. The third-order valence-corrected chi connectivity index (χ3v) is 8.32. The molecule has 1 fully saturated rings. The Labute approximate surface area is 272 Å². The lowest BCUT2D eigenvalue weighted by molar-refractivity contribution is -0.143. The number of aliphatic hydroxyl groups is 1. The van der Waals surface area contributed by atoms with E-state index in [4.69, 9.17) is 0 Å². The van der Waals surface area contributed by atoms with Gasteiger partial charge < -0.3 is 14.9 Å². The van der Waals surface area contributed by atoms with Gasteiger partial charge in [-0.25, -0.2) is 0 Å². The number of aliphatic hydroxyl groups excluding tert-OH is 1. The Bertz CT molecular complexity index is 1450. The Morgan fingerprint density at radius 3 is 1.85 bits per heavy atom. The highest BCUT2D eigenvalue weighted by Gasteiger charge is 2.38. The molecule has 17 heteroatoms. The van der Waals surface area contributed by atoms with Crippen LogP contribution in [0.5, 0.6) is 0 Å². The van der Waals surface area contributed by atoms with Crippen LogP contribution in [0.3, 0.4) is 0 Å². The highest BCUT2D eigenvalue weighted by molar-refractivity contribution is 5.85. The van der Waals surface area contributed by atoms with Gasteiger partial charge in [0.05, 0.1) is 23.7 Å². The normalized spacial score (nSPS) is 17.4. The third kappa shape index (κ3) is 9.64. The van der Waals surface area contributed by atoms with Crippen LogP contribution in [0, 0.1) is 18.8 Å². The molecule has 3 aromatic rings. The van der Waals surface area contributed by atoms with Crippen LogP contribution in [0.1, 0.15) is 66.0 Å². The Hall–Kier alpha value is -3.27. The second kappa shape index (κ2) is 14.9. The first kappa shape index (κ1) is 38.2. The van der Waals surface area contributed by atoms with Crippen molar-refractivity contribution in [3.8, 4) is 0 Å². The molecule has 262 valence electrons. The second-order valence-corrected chi connectivity index (χ2v) is 11.8. The fraction of sp³-hybridized carbons (Fsp3) is 0.567. The molecule has 0 saturated heterocycles. The van der Waals surface area contributed by atoms with E-state index in [2.05, 4.69) is 15.4 Å². The van der Waals surface area contributed by atoms with Gasteiger partial charge in [0.25, 0.3) is 5.95 Å². The topological polar surface area (TPSA) is 70.3 Å². The molecular formula is C30H36ClF9N6O. The number of nitrogens with zero attached hydrogens (tertiary/aromatic N) is 6. The SMILES string of the molecule is CCN(CC1CCC(CO)CC1)c1cc(C(F)(F)F)c(C)cc1CN(Cc1cc(C(F)(F)F)cc(C(F)(F)F)c1)c1nnn(C)n1.Cl. The summed E-state index contributed by atoms with van der Waals surface area (Å²) in [4.78, 5) is 4.15. The minimum absolute atomic E-state index is 0.